The Kier molecular flexibility index (Phi) is 6.71. The van der Waals surface area contributed by atoms with Crippen molar-refractivity contribution in [3.8, 4) is 11.5 Å². The summed E-state index contributed by atoms with van der Waals surface area (Å²) in [6.45, 7) is 0.0348. The average Bonchev–Trinajstić information content (AvgIpc) is 2.83. The second kappa shape index (κ2) is 9.21. The van der Waals surface area contributed by atoms with Crippen molar-refractivity contribution in [2.45, 2.75) is 23.4 Å². The SMILES string of the molecule is O=S(=O)(Oc1c(F)c(F)c(F)c(F)c1F)c1ccc2c(c1)OCC[C@@H]2c1ccc(C(F)(F)F)cc1Br. The van der Waals surface area contributed by atoms with E-state index in [1.54, 1.807) is 0 Å². The van der Waals surface area contributed by atoms with Crippen LogP contribution < -0.4 is 8.92 Å². The van der Waals surface area contributed by atoms with E-state index in [1.165, 1.54) is 12.1 Å². The summed E-state index contributed by atoms with van der Waals surface area (Å²) in [7, 11) is -5.10. The zero-order valence-corrected chi connectivity index (χ0v) is 19.8. The van der Waals surface area contributed by atoms with Crippen LogP contribution in [0.15, 0.2) is 45.8 Å². The van der Waals surface area contributed by atoms with Gasteiger partial charge in [0.15, 0.2) is 0 Å². The molecular formula is C22H11BrF8O4S. The molecule has 0 fully saturated rings. The Morgan fingerprint density at radius 3 is 2.03 bits per heavy atom. The third kappa shape index (κ3) is 4.63. The minimum absolute atomic E-state index is 0.0277. The Hall–Kier alpha value is -2.87. The molecule has 3 aromatic rings. The van der Waals surface area contributed by atoms with Crippen LogP contribution in [0, 0.1) is 29.1 Å². The summed E-state index contributed by atoms with van der Waals surface area (Å²) >= 11 is 3.12. The van der Waals surface area contributed by atoms with Gasteiger partial charge < -0.3 is 8.92 Å². The summed E-state index contributed by atoms with van der Waals surface area (Å²) in [4.78, 5) is -0.725. The molecule has 192 valence electrons. The summed E-state index contributed by atoms with van der Waals surface area (Å²) < 4.78 is 142. The van der Waals surface area contributed by atoms with Crippen molar-refractivity contribution >= 4 is 26.0 Å². The molecule has 4 rings (SSSR count). The predicted octanol–water partition coefficient (Wildman–Crippen LogP) is 6.85. The van der Waals surface area contributed by atoms with Crippen molar-refractivity contribution < 1.29 is 52.5 Å². The largest absolute Gasteiger partial charge is 0.493 e. The van der Waals surface area contributed by atoms with E-state index in [0.717, 1.165) is 24.3 Å². The quantitative estimate of drug-likeness (QED) is 0.142. The Morgan fingerprint density at radius 1 is 0.861 bits per heavy atom. The molecule has 1 aliphatic heterocycles. The van der Waals surface area contributed by atoms with E-state index in [-0.39, 0.29) is 16.8 Å². The second-order valence-electron chi connectivity index (χ2n) is 7.56. The number of ether oxygens (including phenoxy) is 1. The van der Waals surface area contributed by atoms with Crippen LogP contribution in [0.4, 0.5) is 35.1 Å². The van der Waals surface area contributed by atoms with Gasteiger partial charge >= 0.3 is 16.3 Å². The van der Waals surface area contributed by atoms with E-state index < -0.39 is 67.5 Å². The van der Waals surface area contributed by atoms with E-state index >= 15 is 0 Å². The van der Waals surface area contributed by atoms with Crippen LogP contribution in [-0.2, 0) is 16.3 Å². The Bertz CT molecular complexity index is 1440. The van der Waals surface area contributed by atoms with Gasteiger partial charge in [-0.1, -0.05) is 28.1 Å². The third-order valence-corrected chi connectivity index (χ3v) is 7.28. The number of halogens is 9. The number of benzene rings is 3. The first-order valence-electron chi connectivity index (χ1n) is 9.81. The standard InChI is InChI=1S/C22H11BrF8O4S/c23-14-7-9(22(29,30)31)1-3-12(14)11-5-6-34-15-8-10(2-4-13(11)15)36(32,33)35-21-19(27)17(25)16(24)18(26)20(21)28/h1-4,7-8,11H,5-6H2/t11-/m1/s1. The third-order valence-electron chi connectivity index (χ3n) is 5.38. The monoisotopic (exact) mass is 602 g/mol. The maximum atomic E-state index is 13.9. The number of alkyl halides is 3. The van der Waals surface area contributed by atoms with E-state index in [9.17, 15) is 43.5 Å². The summed E-state index contributed by atoms with van der Waals surface area (Å²) in [5.74, 6) is -14.8. The molecule has 0 saturated heterocycles. The molecule has 14 heteroatoms. The molecule has 1 heterocycles. The van der Waals surface area contributed by atoms with Crippen LogP contribution >= 0.6 is 15.9 Å². The smallest absolute Gasteiger partial charge is 0.416 e. The minimum Gasteiger partial charge on any atom is -0.493 e. The molecule has 0 bridgehead atoms. The van der Waals surface area contributed by atoms with Gasteiger partial charge in [0, 0.05) is 22.0 Å². The van der Waals surface area contributed by atoms with Crippen molar-refractivity contribution in [1.29, 1.82) is 0 Å². The first-order valence-corrected chi connectivity index (χ1v) is 12.0. The van der Waals surface area contributed by atoms with Gasteiger partial charge in [0.25, 0.3) is 0 Å². The van der Waals surface area contributed by atoms with E-state index in [4.69, 9.17) is 4.74 Å². The molecule has 0 unspecified atom stereocenters. The molecule has 0 aromatic heterocycles. The number of hydrogen-bond acceptors (Lipinski definition) is 4. The van der Waals surface area contributed by atoms with E-state index in [2.05, 4.69) is 20.1 Å². The van der Waals surface area contributed by atoms with Gasteiger partial charge in [-0.05, 0) is 30.2 Å². The van der Waals surface area contributed by atoms with Gasteiger partial charge in [-0.25, -0.2) is 13.2 Å². The highest BCUT2D eigenvalue weighted by Gasteiger charge is 2.34. The Balaban J connectivity index is 1.70. The first-order chi connectivity index (χ1) is 16.7. The minimum atomic E-state index is -5.10. The van der Waals surface area contributed by atoms with Crippen LogP contribution in [0.1, 0.15) is 29.0 Å². The van der Waals surface area contributed by atoms with E-state index in [0.29, 0.717) is 17.5 Å². The van der Waals surface area contributed by atoms with E-state index in [1.807, 2.05) is 0 Å². The highest BCUT2D eigenvalue weighted by molar-refractivity contribution is 9.10. The zero-order valence-electron chi connectivity index (χ0n) is 17.4. The number of fused-ring (bicyclic) bond motifs is 1. The van der Waals surface area contributed by atoms with Gasteiger partial charge in [-0.3, -0.25) is 0 Å². The van der Waals surface area contributed by atoms with Crippen molar-refractivity contribution in [2.75, 3.05) is 6.61 Å². The molecule has 0 radical (unpaired) electrons. The summed E-state index contributed by atoms with van der Waals surface area (Å²) in [5.41, 5.74) is -0.0326. The maximum Gasteiger partial charge on any atom is 0.416 e. The molecule has 0 aliphatic carbocycles. The van der Waals surface area contributed by atoms with Crippen LogP contribution in [0.25, 0.3) is 0 Å². The fraction of sp³-hybridized carbons (Fsp3) is 0.182. The maximum absolute atomic E-state index is 13.9. The lowest BCUT2D eigenvalue weighted by Crippen LogP contribution is -2.18. The van der Waals surface area contributed by atoms with Crippen LogP contribution in [-0.4, -0.2) is 15.0 Å². The van der Waals surface area contributed by atoms with Gasteiger partial charge in [-0.2, -0.15) is 30.4 Å². The van der Waals surface area contributed by atoms with Crippen molar-refractivity contribution in [2.24, 2.45) is 0 Å². The van der Waals surface area contributed by atoms with Gasteiger partial charge in [0.2, 0.25) is 34.8 Å². The predicted molar refractivity (Wildman–Crippen MR) is 112 cm³/mol. The van der Waals surface area contributed by atoms with Crippen molar-refractivity contribution in [3.63, 3.8) is 0 Å². The van der Waals surface area contributed by atoms with Gasteiger partial charge in [0.05, 0.1) is 12.2 Å². The second-order valence-corrected chi connectivity index (χ2v) is 9.96. The lowest BCUT2D eigenvalue weighted by Gasteiger charge is -2.27. The molecule has 4 nitrogen and oxygen atoms in total. The molecule has 0 spiro atoms. The normalized spacial score (nSPS) is 15.9. The van der Waals surface area contributed by atoms with Gasteiger partial charge in [-0.15, -0.1) is 0 Å². The van der Waals surface area contributed by atoms with Crippen molar-refractivity contribution in [3.05, 3.63) is 86.6 Å². The summed E-state index contributed by atoms with van der Waals surface area (Å²) in [6.07, 6.45) is -4.24. The molecule has 0 amide bonds. The molecule has 0 saturated carbocycles. The zero-order chi connectivity index (χ0) is 26.6. The molecular weight excluding hydrogens is 592 g/mol. The molecule has 3 aromatic carbocycles. The highest BCUT2D eigenvalue weighted by Crippen LogP contribution is 2.43. The van der Waals surface area contributed by atoms with Crippen LogP contribution in [0.2, 0.25) is 0 Å². The van der Waals surface area contributed by atoms with Crippen LogP contribution in [0.5, 0.6) is 11.5 Å². The summed E-state index contributed by atoms with van der Waals surface area (Å²) in [6, 6.07) is 6.18. The lowest BCUT2D eigenvalue weighted by molar-refractivity contribution is -0.137. The molecule has 0 N–H and O–H groups in total. The number of rotatable bonds is 4. The molecule has 36 heavy (non-hydrogen) atoms. The van der Waals surface area contributed by atoms with Gasteiger partial charge in [0.1, 0.15) is 10.6 Å². The lowest BCUT2D eigenvalue weighted by atomic mass is 9.86. The first kappa shape index (κ1) is 26.2. The fourth-order valence-electron chi connectivity index (χ4n) is 3.65. The topological polar surface area (TPSA) is 52.6 Å². The Labute approximate surface area is 206 Å². The number of hydrogen-bond donors (Lipinski definition) is 0. The summed E-state index contributed by atoms with van der Waals surface area (Å²) in [5, 5.41) is 0. The fourth-order valence-corrected chi connectivity index (χ4v) is 5.25. The average molecular weight is 603 g/mol. The van der Waals surface area contributed by atoms with Crippen LogP contribution in [0.3, 0.4) is 0 Å². The molecule has 1 aliphatic rings. The Morgan fingerprint density at radius 2 is 1.44 bits per heavy atom. The molecule has 1 atom stereocenters. The van der Waals surface area contributed by atoms with Crippen molar-refractivity contribution in [1.82, 2.24) is 0 Å². The highest BCUT2D eigenvalue weighted by atomic mass is 79.9.